The number of carbonyl (C=O) groups excluding carboxylic acids is 2. The normalized spacial score (nSPS) is 15.0. The zero-order valence-electron chi connectivity index (χ0n) is 17.9. The maximum Gasteiger partial charge on any atom is 0.242 e. The Kier molecular flexibility index (Phi) is 8.70. The first-order valence-electron chi connectivity index (χ1n) is 10.6. The molecule has 3 rings (SSSR count). The highest BCUT2D eigenvalue weighted by molar-refractivity contribution is 8.00. The van der Waals surface area contributed by atoms with E-state index in [0.29, 0.717) is 15.6 Å². The summed E-state index contributed by atoms with van der Waals surface area (Å²) >= 11 is 14.2. The maximum absolute atomic E-state index is 13.2. The molecule has 0 unspecified atom stereocenters. The molecule has 1 atom stereocenters. The van der Waals surface area contributed by atoms with Gasteiger partial charge in [-0.3, -0.25) is 9.59 Å². The van der Waals surface area contributed by atoms with E-state index >= 15 is 0 Å². The van der Waals surface area contributed by atoms with Crippen LogP contribution >= 0.6 is 35.0 Å². The number of hydrogen-bond donors (Lipinski definition) is 1. The highest BCUT2D eigenvalue weighted by Gasteiger charge is 2.29. The first kappa shape index (κ1) is 24.0. The fourth-order valence-corrected chi connectivity index (χ4v) is 4.99. The molecule has 0 aliphatic heterocycles. The lowest BCUT2D eigenvalue weighted by Gasteiger charge is -2.30. The van der Waals surface area contributed by atoms with Gasteiger partial charge in [-0.25, -0.2) is 0 Å². The minimum atomic E-state index is -0.626. The molecular formula is C24H28Cl2N2O2S. The van der Waals surface area contributed by atoms with Crippen LogP contribution in [0, 0.1) is 6.92 Å². The van der Waals surface area contributed by atoms with E-state index in [4.69, 9.17) is 23.2 Å². The molecule has 166 valence electrons. The third-order valence-electron chi connectivity index (χ3n) is 5.64. The Morgan fingerprint density at radius 3 is 2.32 bits per heavy atom. The van der Waals surface area contributed by atoms with Crippen LogP contribution in [-0.2, 0) is 16.1 Å². The monoisotopic (exact) mass is 478 g/mol. The van der Waals surface area contributed by atoms with Crippen molar-refractivity contribution in [3.63, 3.8) is 0 Å². The number of amides is 2. The Morgan fingerprint density at radius 1 is 1.10 bits per heavy atom. The summed E-state index contributed by atoms with van der Waals surface area (Å²) in [7, 11) is 0. The van der Waals surface area contributed by atoms with Crippen LogP contribution in [0.1, 0.15) is 43.7 Å². The van der Waals surface area contributed by atoms with Crippen LogP contribution in [0.5, 0.6) is 0 Å². The first-order valence-corrected chi connectivity index (χ1v) is 12.3. The van der Waals surface area contributed by atoms with E-state index in [9.17, 15) is 9.59 Å². The molecular weight excluding hydrogens is 451 g/mol. The molecule has 0 aromatic heterocycles. The summed E-state index contributed by atoms with van der Waals surface area (Å²) in [6.45, 7) is 3.98. The fourth-order valence-electron chi connectivity index (χ4n) is 3.69. The van der Waals surface area contributed by atoms with Gasteiger partial charge < -0.3 is 10.2 Å². The quantitative estimate of drug-likeness (QED) is 0.482. The molecule has 31 heavy (non-hydrogen) atoms. The molecule has 1 fully saturated rings. The summed E-state index contributed by atoms with van der Waals surface area (Å²) in [6, 6.07) is 12.9. The number of nitrogens with zero attached hydrogens (tertiary/aromatic N) is 1. The molecule has 0 spiro atoms. The molecule has 0 heterocycles. The van der Waals surface area contributed by atoms with Crippen molar-refractivity contribution >= 4 is 46.8 Å². The van der Waals surface area contributed by atoms with E-state index in [-0.39, 0.29) is 30.2 Å². The largest absolute Gasteiger partial charge is 0.352 e. The van der Waals surface area contributed by atoms with Gasteiger partial charge in [0.1, 0.15) is 6.04 Å². The summed E-state index contributed by atoms with van der Waals surface area (Å²) in [5, 5.41) is 4.08. The van der Waals surface area contributed by atoms with Crippen LogP contribution < -0.4 is 5.32 Å². The molecule has 2 aromatic carbocycles. The van der Waals surface area contributed by atoms with E-state index in [1.807, 2.05) is 31.2 Å². The number of benzene rings is 2. The van der Waals surface area contributed by atoms with Crippen molar-refractivity contribution in [2.75, 3.05) is 5.75 Å². The van der Waals surface area contributed by atoms with Gasteiger partial charge in [0.2, 0.25) is 11.8 Å². The van der Waals surface area contributed by atoms with Crippen LogP contribution in [-0.4, -0.2) is 34.6 Å². The van der Waals surface area contributed by atoms with Crippen LogP contribution in [0.3, 0.4) is 0 Å². The molecule has 7 heteroatoms. The molecule has 1 N–H and O–H groups in total. The average Bonchev–Trinajstić information content (AvgIpc) is 3.25. The summed E-state index contributed by atoms with van der Waals surface area (Å²) in [4.78, 5) is 28.8. The molecule has 1 saturated carbocycles. The fraction of sp³-hybridized carbons (Fsp3) is 0.417. The third kappa shape index (κ3) is 6.64. The van der Waals surface area contributed by atoms with Crippen LogP contribution in [0.2, 0.25) is 10.0 Å². The molecule has 4 nitrogen and oxygen atoms in total. The summed E-state index contributed by atoms with van der Waals surface area (Å²) in [5.74, 6) is -0.0361. The topological polar surface area (TPSA) is 49.4 Å². The van der Waals surface area contributed by atoms with Gasteiger partial charge in [-0.05, 0) is 51.0 Å². The predicted molar refractivity (Wildman–Crippen MR) is 129 cm³/mol. The lowest BCUT2D eigenvalue weighted by molar-refractivity contribution is -0.138. The second-order valence-corrected chi connectivity index (χ2v) is 9.85. The van der Waals surface area contributed by atoms with E-state index in [1.165, 1.54) is 17.3 Å². The smallest absolute Gasteiger partial charge is 0.242 e. The van der Waals surface area contributed by atoms with Gasteiger partial charge in [-0.1, -0.05) is 59.8 Å². The molecule has 1 aliphatic rings. The van der Waals surface area contributed by atoms with E-state index < -0.39 is 6.04 Å². The van der Waals surface area contributed by atoms with Gasteiger partial charge in [0, 0.05) is 33.1 Å². The average molecular weight is 479 g/mol. The van der Waals surface area contributed by atoms with Crippen molar-refractivity contribution in [2.24, 2.45) is 0 Å². The molecule has 2 aromatic rings. The second kappa shape index (κ2) is 11.3. The van der Waals surface area contributed by atoms with E-state index in [0.717, 1.165) is 30.6 Å². The zero-order chi connectivity index (χ0) is 22.4. The van der Waals surface area contributed by atoms with E-state index in [2.05, 4.69) is 5.32 Å². The predicted octanol–water partition coefficient (Wildman–Crippen LogP) is 5.87. The summed E-state index contributed by atoms with van der Waals surface area (Å²) in [5.41, 5.74) is 1.82. The van der Waals surface area contributed by atoms with Crippen molar-refractivity contribution in [3.8, 4) is 0 Å². The number of aryl methyl sites for hydroxylation is 1. The number of carbonyl (C=O) groups is 2. The maximum atomic E-state index is 13.2. The van der Waals surface area contributed by atoms with Gasteiger partial charge >= 0.3 is 0 Å². The third-order valence-corrected chi connectivity index (χ3v) is 7.35. The number of nitrogens with one attached hydrogen (secondary N) is 1. The van der Waals surface area contributed by atoms with E-state index in [1.54, 1.807) is 30.0 Å². The van der Waals surface area contributed by atoms with Gasteiger partial charge in [-0.15, -0.1) is 11.8 Å². The highest BCUT2D eigenvalue weighted by atomic mass is 35.5. The molecule has 0 radical (unpaired) electrons. The SMILES string of the molecule is Cc1ccc(SCC(=O)N(Cc2c(Cl)cccc2Cl)[C@@H](C)C(=O)NC2CCCC2)cc1. The van der Waals surface area contributed by atoms with Gasteiger partial charge in [-0.2, -0.15) is 0 Å². The minimum Gasteiger partial charge on any atom is -0.352 e. The molecule has 2 amide bonds. The number of rotatable bonds is 8. The lowest BCUT2D eigenvalue weighted by Crippen LogP contribution is -2.50. The van der Waals surface area contributed by atoms with Crippen molar-refractivity contribution in [1.29, 1.82) is 0 Å². The van der Waals surface area contributed by atoms with Crippen LogP contribution in [0.15, 0.2) is 47.4 Å². The first-order chi connectivity index (χ1) is 14.8. The van der Waals surface area contributed by atoms with Gasteiger partial charge in [0.25, 0.3) is 0 Å². The van der Waals surface area contributed by atoms with Crippen molar-refractivity contribution < 1.29 is 9.59 Å². The summed E-state index contributed by atoms with van der Waals surface area (Å²) < 4.78 is 0. The van der Waals surface area contributed by atoms with Crippen LogP contribution in [0.25, 0.3) is 0 Å². The Balaban J connectivity index is 1.75. The summed E-state index contributed by atoms with van der Waals surface area (Å²) in [6.07, 6.45) is 4.24. The Bertz CT molecular complexity index is 894. The lowest BCUT2D eigenvalue weighted by atomic mass is 10.1. The van der Waals surface area contributed by atoms with Crippen LogP contribution in [0.4, 0.5) is 0 Å². The molecule has 0 bridgehead atoms. The van der Waals surface area contributed by atoms with Crippen molar-refractivity contribution in [2.45, 2.75) is 63.1 Å². The van der Waals surface area contributed by atoms with Crippen molar-refractivity contribution in [1.82, 2.24) is 10.2 Å². The Labute approximate surface area is 198 Å². The minimum absolute atomic E-state index is 0.129. The number of hydrogen-bond acceptors (Lipinski definition) is 3. The second-order valence-electron chi connectivity index (χ2n) is 7.99. The molecule has 0 saturated heterocycles. The number of thioether (sulfide) groups is 1. The van der Waals surface area contributed by atoms with Gasteiger partial charge in [0.15, 0.2) is 0 Å². The van der Waals surface area contributed by atoms with Gasteiger partial charge in [0.05, 0.1) is 5.75 Å². The Hall–Kier alpha value is -1.69. The standard InChI is InChI=1S/C24H28Cl2N2O2S/c1-16-10-12-19(13-11-16)31-15-23(29)28(14-20-21(25)8-5-9-22(20)26)17(2)24(30)27-18-6-3-4-7-18/h5,8-13,17-18H,3-4,6-7,14-15H2,1-2H3,(H,27,30)/t17-/m0/s1. The highest BCUT2D eigenvalue weighted by Crippen LogP contribution is 2.28. The molecule has 1 aliphatic carbocycles. The number of halogens is 2. The van der Waals surface area contributed by atoms with Crippen molar-refractivity contribution in [3.05, 3.63) is 63.6 Å². The zero-order valence-corrected chi connectivity index (χ0v) is 20.2. The Morgan fingerprint density at radius 2 is 1.71 bits per heavy atom.